The van der Waals surface area contributed by atoms with Crippen LogP contribution in [-0.2, 0) is 14.6 Å². The maximum atomic E-state index is 12.8. The van der Waals surface area contributed by atoms with E-state index in [4.69, 9.17) is 11.6 Å². The summed E-state index contributed by atoms with van der Waals surface area (Å²) in [6.07, 6.45) is 6.56. The maximum Gasteiger partial charge on any atom is 0.226 e. The first-order valence-corrected chi connectivity index (χ1v) is 10.2. The highest BCUT2D eigenvalue weighted by Crippen LogP contribution is 2.63. The summed E-state index contributed by atoms with van der Waals surface area (Å²) in [4.78, 5) is 12.7. The number of amides is 1. The Kier molecular flexibility index (Phi) is 2.98. The van der Waals surface area contributed by atoms with Crippen molar-refractivity contribution in [2.45, 2.75) is 55.9 Å². The molecule has 1 aliphatic heterocycles. The van der Waals surface area contributed by atoms with Crippen LogP contribution in [0.3, 0.4) is 0 Å². The first-order valence-electron chi connectivity index (χ1n) is 7.98. The molecule has 0 aromatic carbocycles. The summed E-state index contributed by atoms with van der Waals surface area (Å²) in [7, 11) is -2.95. The van der Waals surface area contributed by atoms with Crippen LogP contribution >= 0.6 is 11.6 Å². The lowest BCUT2D eigenvalue weighted by Crippen LogP contribution is -2.59. The smallest absolute Gasteiger partial charge is 0.226 e. The van der Waals surface area contributed by atoms with E-state index in [-0.39, 0.29) is 33.7 Å². The van der Waals surface area contributed by atoms with Crippen LogP contribution in [-0.4, -0.2) is 36.7 Å². The van der Waals surface area contributed by atoms with Gasteiger partial charge in [-0.2, -0.15) is 0 Å². The van der Waals surface area contributed by atoms with E-state index in [0.29, 0.717) is 18.3 Å². The van der Waals surface area contributed by atoms with Gasteiger partial charge in [-0.25, -0.2) is 8.42 Å². The summed E-state index contributed by atoms with van der Waals surface area (Å²) in [5.74, 6) is 1.55. The lowest BCUT2D eigenvalue weighted by molar-refractivity contribution is -0.145. The van der Waals surface area contributed by atoms with Gasteiger partial charge in [0, 0.05) is 10.9 Å². The molecule has 4 saturated carbocycles. The molecule has 5 aliphatic rings. The van der Waals surface area contributed by atoms with Crippen molar-refractivity contribution in [3.8, 4) is 0 Å². The molecule has 0 aromatic heterocycles. The third-order valence-electron chi connectivity index (χ3n) is 6.04. The van der Waals surface area contributed by atoms with Gasteiger partial charge in [0.15, 0.2) is 9.84 Å². The van der Waals surface area contributed by atoms with Gasteiger partial charge >= 0.3 is 0 Å². The minimum Gasteiger partial charge on any atom is -0.352 e. The van der Waals surface area contributed by atoms with E-state index in [1.165, 1.54) is 6.42 Å². The Morgan fingerprint density at radius 1 is 1.14 bits per heavy atom. The fraction of sp³-hybridized carbons (Fsp3) is 0.933. The summed E-state index contributed by atoms with van der Waals surface area (Å²) >= 11 is 6.75. The van der Waals surface area contributed by atoms with E-state index in [0.717, 1.165) is 32.1 Å². The molecular formula is C15H22ClNO3S. The molecule has 6 heteroatoms. The van der Waals surface area contributed by atoms with E-state index in [9.17, 15) is 13.2 Å². The number of halogens is 1. The quantitative estimate of drug-likeness (QED) is 0.786. The number of sulfone groups is 1. The molecule has 5 fully saturated rings. The van der Waals surface area contributed by atoms with E-state index < -0.39 is 9.84 Å². The van der Waals surface area contributed by atoms with Gasteiger partial charge in [-0.3, -0.25) is 4.79 Å². The topological polar surface area (TPSA) is 63.2 Å². The zero-order valence-corrected chi connectivity index (χ0v) is 13.7. The normalized spacial score (nSPS) is 50.2. The Morgan fingerprint density at radius 3 is 2.33 bits per heavy atom. The Labute approximate surface area is 130 Å². The first-order chi connectivity index (χ1) is 9.78. The molecule has 0 aromatic rings. The molecular weight excluding hydrogens is 310 g/mol. The molecule has 4 bridgehead atoms. The number of carbonyl (C=O) groups is 1. The zero-order valence-electron chi connectivity index (χ0n) is 12.1. The molecule has 0 radical (unpaired) electrons. The number of hydrogen-bond acceptors (Lipinski definition) is 3. The highest BCUT2D eigenvalue weighted by Gasteiger charge is 2.60. The van der Waals surface area contributed by atoms with Crippen LogP contribution in [0.1, 0.15) is 44.9 Å². The number of rotatable bonds is 2. The maximum absolute atomic E-state index is 12.8. The van der Waals surface area contributed by atoms with E-state index in [1.54, 1.807) is 0 Å². The van der Waals surface area contributed by atoms with Gasteiger partial charge in [-0.15, -0.1) is 11.6 Å². The highest BCUT2D eigenvalue weighted by molar-refractivity contribution is 7.91. The van der Waals surface area contributed by atoms with Crippen molar-refractivity contribution in [1.82, 2.24) is 5.32 Å². The summed E-state index contributed by atoms with van der Waals surface area (Å²) < 4.78 is 23.1. The molecule has 118 valence electrons. The highest BCUT2D eigenvalue weighted by atomic mass is 35.5. The summed E-state index contributed by atoms with van der Waals surface area (Å²) in [6, 6.07) is -0.193. The van der Waals surface area contributed by atoms with Crippen LogP contribution in [0.25, 0.3) is 0 Å². The van der Waals surface area contributed by atoms with Crippen LogP contribution in [0.4, 0.5) is 0 Å². The van der Waals surface area contributed by atoms with E-state index in [1.807, 2.05) is 0 Å². The fourth-order valence-corrected chi connectivity index (χ4v) is 8.03. The van der Waals surface area contributed by atoms with Crippen LogP contribution < -0.4 is 5.32 Å². The monoisotopic (exact) mass is 331 g/mol. The van der Waals surface area contributed by atoms with Crippen LogP contribution in [0.5, 0.6) is 0 Å². The van der Waals surface area contributed by atoms with Crippen molar-refractivity contribution < 1.29 is 13.2 Å². The SMILES string of the molecule is O=C(NC1CCS(=O)(=O)C1)C12CC3CC(CC(Cl)(C3)C1)C2. The molecule has 1 amide bonds. The lowest BCUT2D eigenvalue weighted by atomic mass is 9.49. The van der Waals surface area contributed by atoms with Gasteiger partial charge < -0.3 is 5.32 Å². The Balaban J connectivity index is 1.52. The summed E-state index contributed by atoms with van der Waals surface area (Å²) in [5.41, 5.74) is -0.321. The average Bonchev–Trinajstić information content (AvgIpc) is 2.65. The van der Waals surface area contributed by atoms with Crippen LogP contribution in [0.15, 0.2) is 0 Å². The largest absolute Gasteiger partial charge is 0.352 e. The zero-order chi connectivity index (χ0) is 14.9. The van der Waals surface area contributed by atoms with Crippen molar-refractivity contribution in [2.24, 2.45) is 17.3 Å². The van der Waals surface area contributed by atoms with E-state index >= 15 is 0 Å². The van der Waals surface area contributed by atoms with Crippen molar-refractivity contribution >= 4 is 27.3 Å². The Bertz CT molecular complexity index is 574. The first kappa shape index (κ1) is 14.3. The van der Waals surface area contributed by atoms with E-state index in [2.05, 4.69) is 5.32 Å². The minimum atomic E-state index is -2.95. The van der Waals surface area contributed by atoms with Gasteiger partial charge in [0.25, 0.3) is 0 Å². The molecule has 1 saturated heterocycles. The molecule has 1 N–H and O–H groups in total. The third kappa shape index (κ3) is 2.40. The predicted octanol–water partition coefficient (Wildman–Crippen LogP) is 1.87. The number of alkyl halides is 1. The molecule has 3 unspecified atom stereocenters. The molecule has 1 heterocycles. The molecule has 0 spiro atoms. The lowest BCUT2D eigenvalue weighted by Gasteiger charge is -2.59. The second-order valence-corrected chi connectivity index (χ2v) is 11.0. The number of carbonyl (C=O) groups excluding carboxylic acids is 1. The fourth-order valence-electron chi connectivity index (χ4n) is 5.66. The molecule has 5 rings (SSSR count). The van der Waals surface area contributed by atoms with Crippen molar-refractivity contribution in [2.75, 3.05) is 11.5 Å². The Morgan fingerprint density at radius 2 is 1.81 bits per heavy atom. The van der Waals surface area contributed by atoms with Gasteiger partial charge in [0.05, 0.1) is 16.9 Å². The summed E-state index contributed by atoms with van der Waals surface area (Å²) in [6.45, 7) is 0. The van der Waals surface area contributed by atoms with Crippen LogP contribution in [0, 0.1) is 17.3 Å². The predicted molar refractivity (Wildman–Crippen MR) is 80.9 cm³/mol. The number of hydrogen-bond donors (Lipinski definition) is 1. The second-order valence-electron chi connectivity index (χ2n) is 7.97. The minimum absolute atomic E-state index is 0.0729. The van der Waals surface area contributed by atoms with Crippen molar-refractivity contribution in [3.63, 3.8) is 0 Å². The van der Waals surface area contributed by atoms with Gasteiger partial charge in [-0.1, -0.05) is 0 Å². The standard InChI is InChI=1S/C15H22ClNO3S/c16-15-6-10-3-11(7-15)5-14(4-10,9-15)13(18)17-12-1-2-21(19,20)8-12/h10-12H,1-9H2,(H,17,18). The van der Waals surface area contributed by atoms with Gasteiger partial charge in [0.2, 0.25) is 5.91 Å². The average molecular weight is 332 g/mol. The summed E-state index contributed by atoms with van der Waals surface area (Å²) in [5, 5.41) is 3.03. The molecule has 21 heavy (non-hydrogen) atoms. The molecule has 3 atom stereocenters. The van der Waals surface area contributed by atoms with Gasteiger partial charge in [-0.05, 0) is 56.8 Å². The molecule has 4 nitrogen and oxygen atoms in total. The number of nitrogens with one attached hydrogen (secondary N) is 1. The van der Waals surface area contributed by atoms with Crippen molar-refractivity contribution in [1.29, 1.82) is 0 Å². The van der Waals surface area contributed by atoms with Crippen molar-refractivity contribution in [3.05, 3.63) is 0 Å². The Hall–Kier alpha value is -0.290. The van der Waals surface area contributed by atoms with Gasteiger partial charge in [0.1, 0.15) is 0 Å². The van der Waals surface area contributed by atoms with Crippen LogP contribution in [0.2, 0.25) is 0 Å². The third-order valence-corrected chi connectivity index (χ3v) is 8.25. The second kappa shape index (κ2) is 4.38. The molecule has 4 aliphatic carbocycles.